The Hall–Kier alpha value is -0.870. The highest BCUT2D eigenvalue weighted by atomic mass is 16.5. The van der Waals surface area contributed by atoms with Crippen LogP contribution in [0.5, 0.6) is 0 Å². The number of nitrogens with one attached hydrogen (secondary N) is 2. The lowest BCUT2D eigenvalue weighted by molar-refractivity contribution is -0.126. The van der Waals surface area contributed by atoms with Gasteiger partial charge in [-0.3, -0.25) is 4.79 Å². The minimum Gasteiger partial charge on any atom is -0.368 e. The van der Waals surface area contributed by atoms with Gasteiger partial charge in [-0.25, -0.2) is 0 Å². The fourth-order valence-corrected chi connectivity index (χ4v) is 1.67. The van der Waals surface area contributed by atoms with Gasteiger partial charge in [0, 0.05) is 12.6 Å². The van der Waals surface area contributed by atoms with Crippen LogP contribution in [0.3, 0.4) is 0 Å². The first-order chi connectivity index (χ1) is 7.24. The normalized spacial score (nSPS) is 25.9. The SMILES string of the molecule is C=CCOCC(=O)NC1CNCCC1C. The van der Waals surface area contributed by atoms with Gasteiger partial charge in [0.2, 0.25) is 5.91 Å². The highest BCUT2D eigenvalue weighted by molar-refractivity contribution is 5.77. The van der Waals surface area contributed by atoms with Crippen molar-refractivity contribution in [1.82, 2.24) is 10.6 Å². The van der Waals surface area contributed by atoms with Crippen LogP contribution < -0.4 is 10.6 Å². The molecule has 0 aromatic rings. The summed E-state index contributed by atoms with van der Waals surface area (Å²) in [5, 5.41) is 6.23. The molecule has 2 unspecified atom stereocenters. The summed E-state index contributed by atoms with van der Waals surface area (Å²) in [5.41, 5.74) is 0. The number of carbonyl (C=O) groups is 1. The molecule has 0 spiro atoms. The van der Waals surface area contributed by atoms with Gasteiger partial charge in [-0.05, 0) is 18.9 Å². The molecule has 0 bridgehead atoms. The van der Waals surface area contributed by atoms with Crippen molar-refractivity contribution < 1.29 is 9.53 Å². The van der Waals surface area contributed by atoms with Gasteiger partial charge in [0.1, 0.15) is 6.61 Å². The van der Waals surface area contributed by atoms with Crippen molar-refractivity contribution in [2.45, 2.75) is 19.4 Å². The monoisotopic (exact) mass is 212 g/mol. The molecule has 1 heterocycles. The Morgan fingerprint density at radius 2 is 2.53 bits per heavy atom. The topological polar surface area (TPSA) is 50.4 Å². The maximum absolute atomic E-state index is 11.4. The smallest absolute Gasteiger partial charge is 0.246 e. The maximum Gasteiger partial charge on any atom is 0.246 e. The molecule has 1 aliphatic heterocycles. The van der Waals surface area contributed by atoms with Gasteiger partial charge in [0.15, 0.2) is 0 Å². The summed E-state index contributed by atoms with van der Waals surface area (Å²) in [7, 11) is 0. The van der Waals surface area contributed by atoms with Crippen LogP contribution in [0, 0.1) is 5.92 Å². The molecule has 1 amide bonds. The molecule has 86 valence electrons. The van der Waals surface area contributed by atoms with Crippen LogP contribution in [0.2, 0.25) is 0 Å². The number of carbonyl (C=O) groups excluding carboxylic acids is 1. The largest absolute Gasteiger partial charge is 0.368 e. The third-order valence-electron chi connectivity index (χ3n) is 2.64. The quantitative estimate of drug-likeness (QED) is 0.509. The Labute approximate surface area is 91.1 Å². The third kappa shape index (κ3) is 4.44. The summed E-state index contributed by atoms with van der Waals surface area (Å²) in [5.74, 6) is 0.493. The summed E-state index contributed by atoms with van der Waals surface area (Å²) in [4.78, 5) is 11.4. The highest BCUT2D eigenvalue weighted by Gasteiger charge is 2.22. The van der Waals surface area contributed by atoms with Gasteiger partial charge in [-0.1, -0.05) is 13.0 Å². The van der Waals surface area contributed by atoms with E-state index in [9.17, 15) is 4.79 Å². The average molecular weight is 212 g/mol. The Kier molecular flexibility index (Phi) is 5.36. The zero-order valence-electron chi connectivity index (χ0n) is 9.29. The molecule has 4 nitrogen and oxygen atoms in total. The lowest BCUT2D eigenvalue weighted by Crippen LogP contribution is -2.51. The molecular weight excluding hydrogens is 192 g/mol. The second kappa shape index (κ2) is 6.58. The zero-order chi connectivity index (χ0) is 11.1. The van der Waals surface area contributed by atoms with Crippen LogP contribution in [0.4, 0.5) is 0 Å². The molecule has 15 heavy (non-hydrogen) atoms. The zero-order valence-corrected chi connectivity index (χ0v) is 9.29. The molecule has 4 heteroatoms. The van der Waals surface area contributed by atoms with Crippen molar-refractivity contribution in [1.29, 1.82) is 0 Å². The van der Waals surface area contributed by atoms with Crippen LogP contribution in [-0.4, -0.2) is 38.3 Å². The van der Waals surface area contributed by atoms with E-state index in [0.29, 0.717) is 12.5 Å². The summed E-state index contributed by atoms with van der Waals surface area (Å²) in [6.07, 6.45) is 2.75. The van der Waals surface area contributed by atoms with Crippen LogP contribution in [0.25, 0.3) is 0 Å². The van der Waals surface area contributed by atoms with E-state index in [4.69, 9.17) is 4.74 Å². The number of piperidine rings is 1. The van der Waals surface area contributed by atoms with Crippen molar-refractivity contribution in [3.63, 3.8) is 0 Å². The van der Waals surface area contributed by atoms with Gasteiger partial charge in [0.05, 0.1) is 6.61 Å². The molecule has 1 saturated heterocycles. The van der Waals surface area contributed by atoms with E-state index in [0.717, 1.165) is 19.5 Å². The number of hydrogen-bond donors (Lipinski definition) is 2. The number of amides is 1. The molecule has 1 fully saturated rings. The molecule has 2 atom stereocenters. The van der Waals surface area contributed by atoms with E-state index >= 15 is 0 Å². The standard InChI is InChI=1S/C11H20N2O2/c1-3-6-15-8-11(14)13-10-7-12-5-4-9(10)2/h3,9-10,12H,1,4-8H2,2H3,(H,13,14). The van der Waals surface area contributed by atoms with Crippen molar-refractivity contribution in [2.24, 2.45) is 5.92 Å². The van der Waals surface area contributed by atoms with Crippen LogP contribution in [-0.2, 0) is 9.53 Å². The van der Waals surface area contributed by atoms with E-state index in [1.807, 2.05) is 0 Å². The number of ether oxygens (including phenoxy) is 1. The van der Waals surface area contributed by atoms with Gasteiger partial charge in [-0.15, -0.1) is 6.58 Å². The van der Waals surface area contributed by atoms with Crippen LogP contribution in [0.15, 0.2) is 12.7 Å². The predicted octanol–water partition coefficient (Wildman–Crippen LogP) is 0.303. The van der Waals surface area contributed by atoms with Gasteiger partial charge in [0.25, 0.3) is 0 Å². The van der Waals surface area contributed by atoms with E-state index in [2.05, 4.69) is 24.1 Å². The molecule has 0 saturated carbocycles. The first-order valence-corrected chi connectivity index (χ1v) is 5.42. The van der Waals surface area contributed by atoms with E-state index in [1.54, 1.807) is 6.08 Å². The average Bonchev–Trinajstić information content (AvgIpc) is 2.22. The molecule has 0 aromatic heterocycles. The molecule has 0 aliphatic carbocycles. The molecule has 1 rings (SSSR count). The predicted molar refractivity (Wildman–Crippen MR) is 59.6 cm³/mol. The summed E-state index contributed by atoms with van der Waals surface area (Å²) in [6.45, 7) is 8.12. The lowest BCUT2D eigenvalue weighted by Gasteiger charge is -2.30. The fourth-order valence-electron chi connectivity index (χ4n) is 1.67. The molecule has 1 aliphatic rings. The van der Waals surface area contributed by atoms with Crippen LogP contribution in [0.1, 0.15) is 13.3 Å². The van der Waals surface area contributed by atoms with Crippen LogP contribution >= 0.6 is 0 Å². The summed E-state index contributed by atoms with van der Waals surface area (Å²) >= 11 is 0. The fraction of sp³-hybridized carbons (Fsp3) is 0.727. The van der Waals surface area contributed by atoms with Gasteiger partial charge < -0.3 is 15.4 Å². The molecule has 0 radical (unpaired) electrons. The van der Waals surface area contributed by atoms with Gasteiger partial charge in [-0.2, -0.15) is 0 Å². The molecular formula is C11H20N2O2. The summed E-state index contributed by atoms with van der Waals surface area (Å²) < 4.78 is 5.07. The first-order valence-electron chi connectivity index (χ1n) is 5.42. The third-order valence-corrected chi connectivity index (χ3v) is 2.64. The maximum atomic E-state index is 11.4. The second-order valence-electron chi connectivity index (χ2n) is 3.95. The van der Waals surface area contributed by atoms with Gasteiger partial charge >= 0.3 is 0 Å². The Bertz CT molecular complexity index is 219. The van der Waals surface area contributed by atoms with E-state index in [1.165, 1.54) is 0 Å². The number of rotatable bonds is 5. The van der Waals surface area contributed by atoms with Crippen molar-refractivity contribution in [2.75, 3.05) is 26.3 Å². The highest BCUT2D eigenvalue weighted by Crippen LogP contribution is 2.10. The van der Waals surface area contributed by atoms with Crippen molar-refractivity contribution >= 4 is 5.91 Å². The van der Waals surface area contributed by atoms with E-state index in [-0.39, 0.29) is 18.6 Å². The Balaban J connectivity index is 2.20. The van der Waals surface area contributed by atoms with Crippen molar-refractivity contribution in [3.05, 3.63) is 12.7 Å². The van der Waals surface area contributed by atoms with Crippen molar-refractivity contribution in [3.8, 4) is 0 Å². The minimum atomic E-state index is -0.0441. The summed E-state index contributed by atoms with van der Waals surface area (Å²) in [6, 6.07) is 0.235. The lowest BCUT2D eigenvalue weighted by atomic mass is 9.95. The minimum absolute atomic E-state index is 0.0441. The second-order valence-corrected chi connectivity index (χ2v) is 3.95. The Morgan fingerprint density at radius 3 is 3.20 bits per heavy atom. The first kappa shape index (κ1) is 12.2. The Morgan fingerprint density at radius 1 is 1.73 bits per heavy atom. The number of hydrogen-bond acceptors (Lipinski definition) is 3. The molecule has 0 aromatic carbocycles. The molecule has 2 N–H and O–H groups in total. The van der Waals surface area contributed by atoms with E-state index < -0.39 is 0 Å².